The molecule has 0 spiro atoms. The van der Waals surface area contributed by atoms with Gasteiger partial charge in [-0.05, 0) is 151 Å². The second-order valence-corrected chi connectivity index (χ2v) is 33.1. The summed E-state index contributed by atoms with van der Waals surface area (Å²) < 4.78 is 15.5. The van der Waals surface area contributed by atoms with Gasteiger partial charge in [0.25, 0.3) is 0 Å². The molecule has 7 nitrogen and oxygen atoms in total. The molecule has 7 heteroatoms. The second-order valence-electron chi connectivity index (χ2n) is 33.1. The van der Waals surface area contributed by atoms with Crippen LogP contribution in [0.25, 0.3) is 138 Å². The molecule has 5 heterocycles. The van der Waals surface area contributed by atoms with E-state index in [4.69, 9.17) is 14.4 Å². The van der Waals surface area contributed by atoms with Crippen LogP contribution >= 0.6 is 0 Å². The minimum absolute atomic E-state index is 0.156. The Morgan fingerprint density at radius 2 is 0.625 bits per heavy atom. The summed E-state index contributed by atoms with van der Waals surface area (Å²) in [4.78, 5) is 10.9. The third kappa shape index (κ3) is 10.0. The molecule has 15 aromatic rings. The molecule has 15 rings (SSSR count). The van der Waals surface area contributed by atoms with Gasteiger partial charge in [0.2, 0.25) is 0 Å². The van der Waals surface area contributed by atoms with E-state index < -0.39 is 0 Å². The van der Waals surface area contributed by atoms with Gasteiger partial charge in [-0.15, -0.1) is 0 Å². The summed E-state index contributed by atoms with van der Waals surface area (Å²) in [6, 6.07) is 74.5. The van der Waals surface area contributed by atoms with Gasteiger partial charge in [0, 0.05) is 48.8 Å². The zero-order valence-electron chi connectivity index (χ0n) is 59.1. The predicted molar refractivity (Wildman–Crippen MR) is 406 cm³/mol. The van der Waals surface area contributed by atoms with Crippen LogP contribution in [0.1, 0.15) is 164 Å². The summed E-state index contributed by atoms with van der Waals surface area (Å²) in [5, 5.41) is 21.3. The summed E-state index contributed by atoms with van der Waals surface area (Å²) in [6.07, 6.45) is 0. The number of rotatable bonds is 6. The Hall–Kier alpha value is -10.0. The van der Waals surface area contributed by atoms with Crippen LogP contribution in [0.15, 0.2) is 199 Å². The molecule has 0 aliphatic rings. The zero-order valence-corrected chi connectivity index (χ0v) is 59.1. The topological polar surface area (TPSA) is 77.5 Å². The third-order valence-corrected chi connectivity index (χ3v) is 20.2. The Labute approximate surface area is 564 Å². The molecule has 0 N–H and O–H groups in total. The fraction of sp³-hybridized carbons (Fsp3) is 0.270. The molecule has 96 heavy (non-hydrogen) atoms. The first kappa shape index (κ1) is 62.1. The van der Waals surface area contributed by atoms with Crippen molar-refractivity contribution in [2.45, 2.75) is 157 Å². The fourth-order valence-corrected chi connectivity index (χ4v) is 14.6. The highest BCUT2D eigenvalue weighted by molar-refractivity contribution is 6.21. The molecular formula is C89H86N6O. The smallest absolute Gasteiger partial charge is 0.164 e. The van der Waals surface area contributed by atoms with E-state index in [1.165, 1.54) is 33.4 Å². The Kier molecular flexibility index (Phi) is 13.9. The molecule has 0 amide bonds. The lowest BCUT2D eigenvalue weighted by atomic mass is 9.85. The lowest BCUT2D eigenvalue weighted by molar-refractivity contribution is 0.590. The van der Waals surface area contributed by atoms with Crippen molar-refractivity contribution >= 4 is 87.4 Å². The van der Waals surface area contributed by atoms with E-state index in [1.807, 2.05) is 12.1 Å². The SMILES string of the molecule is CC(C)(C)c1ccc2c(c1)c1cc(C(C)(C)C)ccc1n2-c1c(-n2c3ccc(C(C)(C)C)cc3c3cc(C(C)(C)C)ccc32)c(C#N)c2c(oc3c(-c4nc(-c5ccccc5)cc(-c5ccccc5)n4)cccc32)c1-n1c2ccc(C(C)(C)C)cc2c2cc(C(C)(C)C)ccc21. The average Bonchev–Trinajstić information content (AvgIpc) is 1.50. The van der Waals surface area contributed by atoms with Gasteiger partial charge in [-0.1, -0.05) is 234 Å². The van der Waals surface area contributed by atoms with E-state index in [1.54, 1.807) is 0 Å². The molecule has 5 aromatic heterocycles. The summed E-state index contributed by atoms with van der Waals surface area (Å²) in [5.41, 5.74) is 20.8. The summed E-state index contributed by atoms with van der Waals surface area (Å²) in [6.45, 7) is 41.4. The van der Waals surface area contributed by atoms with Crippen molar-refractivity contribution in [1.29, 1.82) is 5.26 Å². The van der Waals surface area contributed by atoms with Crippen LogP contribution in [0.2, 0.25) is 0 Å². The van der Waals surface area contributed by atoms with Gasteiger partial charge in [0.1, 0.15) is 17.3 Å². The normalized spacial score (nSPS) is 13.1. The minimum Gasteiger partial charge on any atom is -0.453 e. The molecule has 10 aromatic carbocycles. The van der Waals surface area contributed by atoms with Crippen LogP contribution in [0.5, 0.6) is 0 Å². The molecule has 0 aliphatic carbocycles. The number of fused-ring (bicyclic) bond motifs is 12. The zero-order chi connectivity index (χ0) is 67.7. The summed E-state index contributed by atoms with van der Waals surface area (Å²) >= 11 is 0. The Bertz CT molecular complexity index is 5480. The molecule has 0 atom stereocenters. The van der Waals surface area contributed by atoms with Gasteiger partial charge in [0.15, 0.2) is 11.4 Å². The van der Waals surface area contributed by atoms with E-state index in [2.05, 4.69) is 326 Å². The van der Waals surface area contributed by atoms with E-state index in [9.17, 15) is 5.26 Å². The highest BCUT2D eigenvalue weighted by Gasteiger charge is 2.36. The number of hydrogen-bond acceptors (Lipinski definition) is 4. The van der Waals surface area contributed by atoms with Gasteiger partial charge < -0.3 is 18.1 Å². The highest BCUT2D eigenvalue weighted by atomic mass is 16.3. The maximum Gasteiger partial charge on any atom is 0.164 e. The number of furan rings is 1. The van der Waals surface area contributed by atoms with Gasteiger partial charge >= 0.3 is 0 Å². The van der Waals surface area contributed by atoms with Crippen molar-refractivity contribution in [3.05, 3.63) is 233 Å². The fourth-order valence-electron chi connectivity index (χ4n) is 14.6. The van der Waals surface area contributed by atoms with Gasteiger partial charge in [-0.3, -0.25) is 0 Å². The molecule has 0 saturated heterocycles. The Balaban J connectivity index is 1.24. The average molecular weight is 1260 g/mol. The lowest BCUT2D eigenvalue weighted by Gasteiger charge is -2.25. The molecule has 478 valence electrons. The molecular weight excluding hydrogens is 1170 g/mol. The molecule has 0 fully saturated rings. The van der Waals surface area contributed by atoms with E-state index >= 15 is 0 Å². The quantitative estimate of drug-likeness (QED) is 0.166. The highest BCUT2D eigenvalue weighted by Crippen LogP contribution is 2.52. The summed E-state index contributed by atoms with van der Waals surface area (Å²) in [5.74, 6) is 0.514. The standard InChI is InChI=1S/C89H86N6O/c1-84(2,3)54-32-38-71-62(44-54)63-45-55(85(4,5)6)33-39-72(63)93(71)78-68(51-90)77-60-30-25-31-61(83-91-69(52-26-21-19-22-27-52)50-70(92-83)53-28-23-20-24-29-53)81(60)96-82(77)80(95-75-42-36-58(88(13,14)15)48-66(75)67-49-59(89(16,17)18)37-43-76(67)95)79(78)94-73-40-34-56(86(7,8)9)46-64(73)65-47-57(87(10,11)12)35-41-74(65)94/h19-50H,1-18H3. The third-order valence-electron chi connectivity index (χ3n) is 20.2. The van der Waals surface area contributed by atoms with Crippen molar-refractivity contribution in [1.82, 2.24) is 23.7 Å². The molecule has 0 aliphatic heterocycles. The number of nitriles is 1. The minimum atomic E-state index is -0.160. The van der Waals surface area contributed by atoms with Crippen molar-refractivity contribution in [2.24, 2.45) is 0 Å². The first-order chi connectivity index (χ1) is 45.4. The monoisotopic (exact) mass is 1250 g/mol. The molecule has 0 bridgehead atoms. The van der Waals surface area contributed by atoms with Crippen LogP contribution in [-0.2, 0) is 32.5 Å². The van der Waals surface area contributed by atoms with Gasteiger partial charge in [0.05, 0.1) is 72.4 Å². The van der Waals surface area contributed by atoms with Gasteiger partial charge in [-0.2, -0.15) is 5.26 Å². The van der Waals surface area contributed by atoms with Crippen LogP contribution in [-0.4, -0.2) is 23.7 Å². The van der Waals surface area contributed by atoms with Crippen molar-refractivity contribution in [2.75, 3.05) is 0 Å². The Morgan fingerprint density at radius 1 is 0.312 bits per heavy atom. The molecule has 0 saturated carbocycles. The Morgan fingerprint density at radius 3 is 0.938 bits per heavy atom. The van der Waals surface area contributed by atoms with Crippen LogP contribution in [0, 0.1) is 11.3 Å². The largest absolute Gasteiger partial charge is 0.453 e. The first-order valence-corrected chi connectivity index (χ1v) is 34.1. The maximum atomic E-state index is 13.0. The number of hydrogen-bond donors (Lipinski definition) is 0. The predicted octanol–water partition coefficient (Wildman–Crippen LogP) is 24.3. The van der Waals surface area contributed by atoms with Crippen molar-refractivity contribution in [3.8, 4) is 57.0 Å². The van der Waals surface area contributed by atoms with Crippen molar-refractivity contribution in [3.63, 3.8) is 0 Å². The van der Waals surface area contributed by atoms with E-state index in [0.29, 0.717) is 33.5 Å². The van der Waals surface area contributed by atoms with E-state index in [0.717, 1.165) is 110 Å². The number of nitrogens with zero attached hydrogens (tertiary/aromatic N) is 6. The second kappa shape index (κ2) is 21.5. The van der Waals surface area contributed by atoms with Crippen LogP contribution in [0.4, 0.5) is 0 Å². The number of para-hydroxylation sites is 1. The summed E-state index contributed by atoms with van der Waals surface area (Å²) in [7, 11) is 0. The molecule has 0 radical (unpaired) electrons. The maximum absolute atomic E-state index is 13.0. The van der Waals surface area contributed by atoms with Crippen molar-refractivity contribution < 1.29 is 4.42 Å². The number of aromatic nitrogens is 5. The van der Waals surface area contributed by atoms with E-state index in [-0.39, 0.29) is 32.5 Å². The van der Waals surface area contributed by atoms with Crippen LogP contribution in [0.3, 0.4) is 0 Å². The number of benzene rings is 10. The van der Waals surface area contributed by atoms with Crippen LogP contribution < -0.4 is 0 Å². The molecule has 0 unspecified atom stereocenters. The first-order valence-electron chi connectivity index (χ1n) is 34.1. The lowest BCUT2D eigenvalue weighted by Crippen LogP contribution is -2.13. The van der Waals surface area contributed by atoms with Gasteiger partial charge in [-0.25, -0.2) is 9.97 Å².